The Labute approximate surface area is 154 Å². The maximum absolute atomic E-state index is 12.7. The molecular weight excluding hydrogens is 336 g/mol. The number of hydrogen-bond donors (Lipinski definition) is 0. The number of rotatable bonds is 7. The molecule has 5 nitrogen and oxygen atoms in total. The van der Waals surface area contributed by atoms with E-state index in [4.69, 9.17) is 14.5 Å². The summed E-state index contributed by atoms with van der Waals surface area (Å²) in [6.45, 7) is 5.54. The van der Waals surface area contributed by atoms with E-state index in [1.807, 2.05) is 18.3 Å². The molecule has 25 heavy (non-hydrogen) atoms. The van der Waals surface area contributed by atoms with Crippen molar-refractivity contribution in [2.75, 3.05) is 33.4 Å². The van der Waals surface area contributed by atoms with Crippen LogP contribution in [0.1, 0.15) is 54.6 Å². The van der Waals surface area contributed by atoms with Crippen LogP contribution < -0.4 is 0 Å². The van der Waals surface area contributed by atoms with Crippen LogP contribution in [-0.4, -0.2) is 49.3 Å². The molecule has 0 saturated carbocycles. The summed E-state index contributed by atoms with van der Waals surface area (Å²) in [7, 11) is 1.69. The molecule has 6 heteroatoms. The second-order valence-corrected chi connectivity index (χ2v) is 8.41. The van der Waals surface area contributed by atoms with Gasteiger partial charge in [-0.1, -0.05) is 0 Å². The van der Waals surface area contributed by atoms with E-state index in [0.717, 1.165) is 45.3 Å². The van der Waals surface area contributed by atoms with Crippen molar-refractivity contribution >= 4 is 17.3 Å². The van der Waals surface area contributed by atoms with Crippen molar-refractivity contribution in [3.05, 3.63) is 15.6 Å². The van der Waals surface area contributed by atoms with E-state index in [1.54, 1.807) is 7.11 Å². The average Bonchev–Trinajstić information content (AvgIpc) is 3.02. The fourth-order valence-electron chi connectivity index (χ4n) is 4.08. The molecule has 1 aliphatic heterocycles. The Morgan fingerprint density at radius 1 is 1.32 bits per heavy atom. The van der Waals surface area contributed by atoms with Crippen LogP contribution in [0.2, 0.25) is 0 Å². The standard InChI is InChI=1S/C19H30N2O3S/c1-3-24-18(22)19(10-12-23-2)9-6-11-21(14-19)13-17-20-15-7-4-5-8-16(15)25-17/h3-14H2,1-2H3/t19-/m0/s1. The number of aromatic nitrogens is 1. The van der Waals surface area contributed by atoms with Crippen LogP contribution in [0, 0.1) is 5.41 Å². The molecule has 1 aromatic rings. The van der Waals surface area contributed by atoms with E-state index < -0.39 is 5.41 Å². The maximum Gasteiger partial charge on any atom is 0.313 e. The van der Waals surface area contributed by atoms with Crippen LogP contribution >= 0.6 is 11.3 Å². The van der Waals surface area contributed by atoms with Crippen molar-refractivity contribution in [3.63, 3.8) is 0 Å². The highest BCUT2D eigenvalue weighted by Gasteiger charge is 2.43. The number of carbonyl (C=O) groups is 1. The van der Waals surface area contributed by atoms with Gasteiger partial charge in [0.2, 0.25) is 0 Å². The number of thiazole rings is 1. The first-order chi connectivity index (χ1) is 12.2. The SMILES string of the molecule is CCOC(=O)[C@]1(CCOC)CCCN(Cc2nc3c(s2)CCCC3)C1. The van der Waals surface area contributed by atoms with Gasteiger partial charge in [-0.15, -0.1) is 11.3 Å². The molecule has 2 aliphatic rings. The van der Waals surface area contributed by atoms with Gasteiger partial charge in [0.15, 0.2) is 0 Å². The average molecular weight is 367 g/mol. The first kappa shape index (κ1) is 18.8. The fourth-order valence-corrected chi connectivity index (χ4v) is 5.28. The Balaban J connectivity index is 1.69. The van der Waals surface area contributed by atoms with Gasteiger partial charge in [-0.05, 0) is 58.4 Å². The van der Waals surface area contributed by atoms with Crippen molar-refractivity contribution in [1.82, 2.24) is 9.88 Å². The minimum atomic E-state index is -0.429. The van der Waals surface area contributed by atoms with Gasteiger partial charge in [-0.3, -0.25) is 9.69 Å². The summed E-state index contributed by atoms with van der Waals surface area (Å²) in [5, 5.41) is 1.21. The van der Waals surface area contributed by atoms with Gasteiger partial charge in [-0.25, -0.2) is 4.98 Å². The predicted octanol–water partition coefficient (Wildman–Crippen LogP) is 3.20. The Kier molecular flexibility index (Phi) is 6.47. The minimum absolute atomic E-state index is 0.0600. The third-order valence-electron chi connectivity index (χ3n) is 5.40. The zero-order valence-electron chi connectivity index (χ0n) is 15.5. The fraction of sp³-hybridized carbons (Fsp3) is 0.789. The highest BCUT2D eigenvalue weighted by atomic mass is 32.1. The number of piperidine rings is 1. The Morgan fingerprint density at radius 2 is 2.16 bits per heavy atom. The number of fused-ring (bicyclic) bond motifs is 1. The number of hydrogen-bond acceptors (Lipinski definition) is 6. The normalized spacial score (nSPS) is 24.1. The first-order valence-electron chi connectivity index (χ1n) is 9.53. The molecule has 1 fully saturated rings. The van der Waals surface area contributed by atoms with Crippen LogP contribution in [0.15, 0.2) is 0 Å². The number of esters is 1. The van der Waals surface area contributed by atoms with Gasteiger partial charge in [0, 0.05) is 25.1 Å². The second-order valence-electron chi connectivity index (χ2n) is 7.24. The van der Waals surface area contributed by atoms with Crippen molar-refractivity contribution in [2.24, 2.45) is 5.41 Å². The molecule has 0 N–H and O–H groups in total. The van der Waals surface area contributed by atoms with Gasteiger partial charge in [-0.2, -0.15) is 0 Å². The molecule has 2 heterocycles. The number of methoxy groups -OCH3 is 1. The summed E-state index contributed by atoms with van der Waals surface area (Å²) in [5.41, 5.74) is 0.889. The molecule has 1 atom stereocenters. The first-order valence-corrected chi connectivity index (χ1v) is 10.3. The van der Waals surface area contributed by atoms with Crippen LogP contribution in [-0.2, 0) is 33.7 Å². The highest BCUT2D eigenvalue weighted by Crippen LogP contribution is 2.36. The van der Waals surface area contributed by atoms with Crippen LogP contribution in [0.3, 0.4) is 0 Å². The van der Waals surface area contributed by atoms with Gasteiger partial charge in [0.05, 0.1) is 24.3 Å². The van der Waals surface area contributed by atoms with Crippen LogP contribution in [0.25, 0.3) is 0 Å². The molecule has 0 spiro atoms. The van der Waals surface area contributed by atoms with Crippen molar-refractivity contribution in [3.8, 4) is 0 Å². The predicted molar refractivity (Wildman–Crippen MR) is 98.8 cm³/mol. The summed E-state index contributed by atoms with van der Waals surface area (Å²) < 4.78 is 10.7. The van der Waals surface area contributed by atoms with E-state index in [-0.39, 0.29) is 5.97 Å². The second kappa shape index (κ2) is 8.60. The lowest BCUT2D eigenvalue weighted by Gasteiger charge is -2.40. The number of ether oxygens (including phenoxy) is 2. The lowest BCUT2D eigenvalue weighted by atomic mass is 9.77. The molecule has 0 amide bonds. The smallest absolute Gasteiger partial charge is 0.313 e. The molecule has 0 aromatic carbocycles. The van der Waals surface area contributed by atoms with Gasteiger partial charge < -0.3 is 9.47 Å². The van der Waals surface area contributed by atoms with E-state index >= 15 is 0 Å². The molecular formula is C19H30N2O3S. The largest absolute Gasteiger partial charge is 0.466 e. The Hall–Kier alpha value is -0.980. The zero-order chi connectivity index (χ0) is 17.7. The minimum Gasteiger partial charge on any atom is -0.466 e. The van der Waals surface area contributed by atoms with Gasteiger partial charge >= 0.3 is 5.97 Å². The van der Waals surface area contributed by atoms with Crippen molar-refractivity contribution in [2.45, 2.75) is 58.4 Å². The Bertz CT molecular complexity index is 566. The molecule has 0 radical (unpaired) electrons. The van der Waals surface area contributed by atoms with E-state index in [2.05, 4.69) is 4.90 Å². The quantitative estimate of drug-likeness (QED) is 0.694. The van der Waals surface area contributed by atoms with Crippen molar-refractivity contribution in [1.29, 1.82) is 0 Å². The Morgan fingerprint density at radius 3 is 2.92 bits per heavy atom. The molecule has 140 valence electrons. The zero-order valence-corrected chi connectivity index (χ0v) is 16.3. The van der Waals surface area contributed by atoms with Crippen LogP contribution in [0.4, 0.5) is 0 Å². The summed E-state index contributed by atoms with van der Waals surface area (Å²) in [6, 6.07) is 0. The lowest BCUT2D eigenvalue weighted by molar-refractivity contribution is -0.160. The molecule has 0 unspecified atom stereocenters. The number of aryl methyl sites for hydroxylation is 2. The molecule has 1 aliphatic carbocycles. The molecule has 0 bridgehead atoms. The van der Waals surface area contributed by atoms with E-state index in [0.29, 0.717) is 13.2 Å². The van der Waals surface area contributed by atoms with Gasteiger partial charge in [0.1, 0.15) is 5.01 Å². The van der Waals surface area contributed by atoms with Crippen molar-refractivity contribution < 1.29 is 14.3 Å². The number of carbonyl (C=O) groups excluding carboxylic acids is 1. The maximum atomic E-state index is 12.7. The summed E-state index contributed by atoms with van der Waals surface area (Å²) in [5.74, 6) is -0.0600. The third kappa shape index (κ3) is 4.41. The molecule has 1 aromatic heterocycles. The topological polar surface area (TPSA) is 51.7 Å². The molecule has 3 rings (SSSR count). The van der Waals surface area contributed by atoms with E-state index in [9.17, 15) is 4.79 Å². The lowest BCUT2D eigenvalue weighted by Crippen LogP contribution is -2.48. The highest BCUT2D eigenvalue weighted by molar-refractivity contribution is 7.11. The van der Waals surface area contributed by atoms with Gasteiger partial charge in [0.25, 0.3) is 0 Å². The number of nitrogens with zero attached hydrogens (tertiary/aromatic N) is 2. The van der Waals surface area contributed by atoms with Crippen LogP contribution in [0.5, 0.6) is 0 Å². The van der Waals surface area contributed by atoms with E-state index in [1.165, 1.54) is 34.8 Å². The summed E-state index contributed by atoms with van der Waals surface area (Å²) in [6.07, 6.45) is 7.52. The molecule has 1 saturated heterocycles. The monoisotopic (exact) mass is 366 g/mol. The summed E-state index contributed by atoms with van der Waals surface area (Å²) >= 11 is 1.87. The third-order valence-corrected chi connectivity index (χ3v) is 6.54. The summed E-state index contributed by atoms with van der Waals surface area (Å²) in [4.78, 5) is 21.4. The number of likely N-dealkylation sites (tertiary alicyclic amines) is 1.